The van der Waals surface area contributed by atoms with Gasteiger partial charge in [0, 0.05) is 24.3 Å². The third-order valence-corrected chi connectivity index (χ3v) is 7.62. The number of piperidine rings is 1. The number of amides is 1. The number of aromatic nitrogens is 1. The van der Waals surface area contributed by atoms with Gasteiger partial charge in [0.25, 0.3) is 0 Å². The number of hydrogen-bond donors (Lipinski definition) is 1. The molecular formula is C24H23F2N3O4S. The Morgan fingerprint density at radius 1 is 1.18 bits per heavy atom. The van der Waals surface area contributed by atoms with E-state index in [0.29, 0.717) is 18.5 Å². The molecule has 0 saturated carbocycles. The second-order valence-corrected chi connectivity index (χ2v) is 9.89. The van der Waals surface area contributed by atoms with Gasteiger partial charge in [-0.05, 0) is 56.2 Å². The molecule has 1 aliphatic rings. The van der Waals surface area contributed by atoms with E-state index >= 15 is 0 Å². The van der Waals surface area contributed by atoms with Crippen LogP contribution in [-0.2, 0) is 14.8 Å². The van der Waals surface area contributed by atoms with Crippen LogP contribution in [0.25, 0.3) is 12.2 Å². The van der Waals surface area contributed by atoms with Crippen molar-refractivity contribution in [2.45, 2.75) is 24.7 Å². The Bertz CT molecular complexity index is 1340. The molecule has 34 heavy (non-hydrogen) atoms. The molecule has 1 atom stereocenters. The van der Waals surface area contributed by atoms with Gasteiger partial charge in [0.15, 0.2) is 10.7 Å². The van der Waals surface area contributed by atoms with Crippen molar-refractivity contribution in [2.24, 2.45) is 5.92 Å². The molecule has 1 aromatic heterocycles. The van der Waals surface area contributed by atoms with Crippen molar-refractivity contribution in [3.8, 4) is 0 Å². The zero-order valence-electron chi connectivity index (χ0n) is 18.4. The van der Waals surface area contributed by atoms with Gasteiger partial charge in [0.2, 0.25) is 15.9 Å². The highest BCUT2D eigenvalue weighted by Gasteiger charge is 2.37. The lowest BCUT2D eigenvalue weighted by atomic mass is 9.99. The van der Waals surface area contributed by atoms with Crippen LogP contribution in [0.5, 0.6) is 0 Å². The molecule has 7 nitrogen and oxygen atoms in total. The number of nitrogens with zero attached hydrogens (tertiary/aromatic N) is 2. The molecule has 10 heteroatoms. The molecule has 1 amide bonds. The number of sulfonamides is 1. The van der Waals surface area contributed by atoms with Gasteiger partial charge in [-0.25, -0.2) is 17.2 Å². The first-order valence-corrected chi connectivity index (χ1v) is 12.1. The van der Waals surface area contributed by atoms with E-state index in [-0.39, 0.29) is 40.9 Å². The van der Waals surface area contributed by atoms with Gasteiger partial charge in [-0.1, -0.05) is 29.4 Å². The summed E-state index contributed by atoms with van der Waals surface area (Å²) in [4.78, 5) is 12.6. The number of hydrogen-bond acceptors (Lipinski definition) is 5. The van der Waals surface area contributed by atoms with E-state index in [1.165, 1.54) is 47.6 Å². The number of halogens is 2. The first-order valence-electron chi connectivity index (χ1n) is 10.7. The summed E-state index contributed by atoms with van der Waals surface area (Å²) >= 11 is 0. The minimum absolute atomic E-state index is 0.0212. The van der Waals surface area contributed by atoms with Crippen LogP contribution in [0.3, 0.4) is 0 Å². The summed E-state index contributed by atoms with van der Waals surface area (Å²) in [5.41, 5.74) is 0.743. The Labute approximate surface area is 196 Å². The Hall–Kier alpha value is -3.37. The average molecular weight is 488 g/mol. The van der Waals surface area contributed by atoms with Crippen LogP contribution in [0.1, 0.15) is 29.9 Å². The van der Waals surface area contributed by atoms with Crippen LogP contribution < -0.4 is 5.32 Å². The summed E-state index contributed by atoms with van der Waals surface area (Å²) in [6.45, 7) is 1.70. The van der Waals surface area contributed by atoms with Crippen LogP contribution in [0.4, 0.5) is 14.5 Å². The largest absolute Gasteiger partial charge is 0.355 e. The molecule has 2 aromatic carbocycles. The number of nitrogens with one attached hydrogen (secondary N) is 1. The van der Waals surface area contributed by atoms with Gasteiger partial charge in [-0.3, -0.25) is 4.79 Å². The van der Waals surface area contributed by atoms with Crippen molar-refractivity contribution in [2.75, 3.05) is 18.4 Å². The van der Waals surface area contributed by atoms with E-state index in [4.69, 9.17) is 4.52 Å². The fourth-order valence-corrected chi connectivity index (χ4v) is 5.66. The molecule has 1 aliphatic heterocycles. The van der Waals surface area contributed by atoms with Crippen LogP contribution in [0, 0.1) is 24.5 Å². The Kier molecular flexibility index (Phi) is 6.90. The highest BCUT2D eigenvalue weighted by Crippen LogP contribution is 2.30. The van der Waals surface area contributed by atoms with Crippen molar-refractivity contribution in [1.82, 2.24) is 9.46 Å². The predicted molar refractivity (Wildman–Crippen MR) is 123 cm³/mol. The number of aryl methyl sites for hydroxylation is 1. The fourth-order valence-electron chi connectivity index (χ4n) is 3.89. The Morgan fingerprint density at radius 3 is 2.74 bits per heavy atom. The van der Waals surface area contributed by atoms with E-state index in [1.807, 2.05) is 0 Å². The number of benzene rings is 2. The molecule has 4 rings (SSSR count). The van der Waals surface area contributed by atoms with Gasteiger partial charge in [0.05, 0.1) is 5.92 Å². The van der Waals surface area contributed by atoms with E-state index < -0.39 is 27.6 Å². The molecule has 178 valence electrons. The molecule has 0 aliphatic carbocycles. The summed E-state index contributed by atoms with van der Waals surface area (Å²) in [6, 6.07) is 11.6. The zero-order valence-corrected chi connectivity index (χ0v) is 19.2. The lowest BCUT2D eigenvalue weighted by molar-refractivity contribution is -0.120. The van der Waals surface area contributed by atoms with Crippen molar-refractivity contribution in [3.63, 3.8) is 0 Å². The SMILES string of the molecule is Cc1noc(C=Cc2ccccc2F)c1S(=O)(=O)N1CCCC(C(=O)Nc2cccc(F)c2)C1. The van der Waals surface area contributed by atoms with Crippen molar-refractivity contribution in [1.29, 1.82) is 0 Å². The summed E-state index contributed by atoms with van der Waals surface area (Å²) in [6.07, 6.45) is 3.75. The third-order valence-electron chi connectivity index (χ3n) is 5.60. The molecule has 0 spiro atoms. The highest BCUT2D eigenvalue weighted by atomic mass is 32.2. The maximum absolute atomic E-state index is 13.9. The topological polar surface area (TPSA) is 92.5 Å². The molecule has 1 unspecified atom stereocenters. The van der Waals surface area contributed by atoms with E-state index in [9.17, 15) is 22.0 Å². The quantitative estimate of drug-likeness (QED) is 0.554. The van der Waals surface area contributed by atoms with Gasteiger partial charge in [0.1, 0.15) is 17.3 Å². The number of carbonyl (C=O) groups is 1. The monoisotopic (exact) mass is 487 g/mol. The van der Waals surface area contributed by atoms with E-state index in [0.717, 1.165) is 0 Å². The van der Waals surface area contributed by atoms with Gasteiger partial charge < -0.3 is 9.84 Å². The Morgan fingerprint density at radius 2 is 1.97 bits per heavy atom. The molecule has 3 aromatic rings. The second-order valence-electron chi connectivity index (χ2n) is 8.02. The first-order chi connectivity index (χ1) is 16.3. The number of carbonyl (C=O) groups excluding carboxylic acids is 1. The number of anilines is 1. The summed E-state index contributed by atoms with van der Waals surface area (Å²) in [5.74, 6) is -1.95. The van der Waals surface area contributed by atoms with E-state index in [1.54, 1.807) is 24.3 Å². The lowest BCUT2D eigenvalue weighted by Gasteiger charge is -2.31. The molecule has 1 fully saturated rings. The molecule has 0 radical (unpaired) electrons. The molecule has 1 N–H and O–H groups in total. The smallest absolute Gasteiger partial charge is 0.248 e. The average Bonchev–Trinajstić information content (AvgIpc) is 3.19. The molecular weight excluding hydrogens is 464 g/mol. The summed E-state index contributed by atoms with van der Waals surface area (Å²) in [5, 5.41) is 6.44. The molecule has 2 heterocycles. The number of rotatable bonds is 6. The predicted octanol–water partition coefficient (Wildman–Crippen LogP) is 4.47. The molecule has 0 bridgehead atoms. The van der Waals surface area contributed by atoms with Gasteiger partial charge >= 0.3 is 0 Å². The maximum atomic E-state index is 13.9. The maximum Gasteiger partial charge on any atom is 0.248 e. The van der Waals surface area contributed by atoms with Crippen LogP contribution in [-0.4, -0.2) is 36.9 Å². The molecule has 1 saturated heterocycles. The van der Waals surface area contributed by atoms with Crippen LogP contribution in [0.2, 0.25) is 0 Å². The van der Waals surface area contributed by atoms with Gasteiger partial charge in [-0.15, -0.1) is 0 Å². The standard InChI is InChI=1S/C24H23F2N3O4S/c1-16-23(22(33-28-16)12-11-17-6-2-3-10-21(17)26)34(31,32)29-13-5-7-18(15-29)24(30)27-20-9-4-8-19(25)14-20/h2-4,6,8-12,14,18H,5,7,13,15H2,1H3,(H,27,30). The van der Waals surface area contributed by atoms with Crippen molar-refractivity contribution in [3.05, 3.63) is 77.2 Å². The van der Waals surface area contributed by atoms with E-state index in [2.05, 4.69) is 10.5 Å². The Balaban J connectivity index is 1.54. The van der Waals surface area contributed by atoms with Crippen molar-refractivity contribution >= 4 is 33.8 Å². The minimum atomic E-state index is -4.05. The fraction of sp³-hybridized carbons (Fsp3) is 0.250. The zero-order chi connectivity index (χ0) is 24.3. The normalized spacial score (nSPS) is 17.2. The second kappa shape index (κ2) is 9.86. The van der Waals surface area contributed by atoms with Gasteiger partial charge in [-0.2, -0.15) is 4.31 Å². The van der Waals surface area contributed by atoms with Crippen molar-refractivity contribution < 1.29 is 26.5 Å². The third kappa shape index (κ3) is 5.07. The summed E-state index contributed by atoms with van der Waals surface area (Å²) in [7, 11) is -4.05. The highest BCUT2D eigenvalue weighted by molar-refractivity contribution is 7.89. The van der Waals surface area contributed by atoms with Crippen LogP contribution >= 0.6 is 0 Å². The minimum Gasteiger partial charge on any atom is -0.355 e. The lowest BCUT2D eigenvalue weighted by Crippen LogP contribution is -2.43. The summed E-state index contributed by atoms with van der Waals surface area (Å²) < 4.78 is 60.8. The van der Waals surface area contributed by atoms with Crippen LogP contribution in [0.15, 0.2) is 57.9 Å². The first kappa shape index (κ1) is 23.8.